The van der Waals surface area contributed by atoms with Gasteiger partial charge in [0.05, 0.1) is 13.2 Å². The topological polar surface area (TPSA) is 71.6 Å². The van der Waals surface area contributed by atoms with Crippen LogP contribution < -0.4 is 25.6 Å². The Hall–Kier alpha value is -2.02. The van der Waals surface area contributed by atoms with Crippen LogP contribution in [0.25, 0.3) is 0 Å². The Morgan fingerprint density at radius 3 is 2.52 bits per heavy atom. The molecule has 1 fully saturated rings. The Balaban J connectivity index is 1.88. The van der Waals surface area contributed by atoms with E-state index in [1.54, 1.807) is 25.3 Å². The van der Waals surface area contributed by atoms with Crippen LogP contribution in [-0.2, 0) is 0 Å². The monoisotopic (exact) mass is 365 g/mol. The predicted octanol–water partition coefficient (Wildman–Crippen LogP) is 2.92. The summed E-state index contributed by atoms with van der Waals surface area (Å²) in [7, 11) is 1.55. The van der Waals surface area contributed by atoms with Crippen molar-refractivity contribution in [1.29, 1.82) is 0 Å². The highest BCUT2D eigenvalue weighted by molar-refractivity contribution is 7.80. The van der Waals surface area contributed by atoms with Gasteiger partial charge in [-0.3, -0.25) is 15.6 Å². The van der Waals surface area contributed by atoms with E-state index in [0.29, 0.717) is 28.2 Å². The van der Waals surface area contributed by atoms with Gasteiger partial charge < -0.3 is 14.8 Å². The highest BCUT2D eigenvalue weighted by Gasteiger charge is 2.15. The van der Waals surface area contributed by atoms with Crippen molar-refractivity contribution in [1.82, 2.24) is 16.2 Å². The van der Waals surface area contributed by atoms with E-state index in [9.17, 15) is 4.79 Å². The highest BCUT2D eigenvalue weighted by atomic mass is 32.1. The van der Waals surface area contributed by atoms with E-state index in [-0.39, 0.29) is 12.0 Å². The SMILES string of the molecule is COc1cc(C(=O)NNC(=S)NC2CCCCC2)ccc1OC(C)C. The molecule has 0 aliphatic heterocycles. The number of hydrazine groups is 1. The van der Waals surface area contributed by atoms with Gasteiger partial charge in [0, 0.05) is 11.6 Å². The first-order valence-electron chi connectivity index (χ1n) is 8.71. The van der Waals surface area contributed by atoms with Crippen LogP contribution >= 0.6 is 12.2 Å². The van der Waals surface area contributed by atoms with Crippen molar-refractivity contribution >= 4 is 23.2 Å². The molecule has 0 aromatic heterocycles. The number of rotatable bonds is 5. The smallest absolute Gasteiger partial charge is 0.269 e. The van der Waals surface area contributed by atoms with Crippen LogP contribution in [0.4, 0.5) is 0 Å². The van der Waals surface area contributed by atoms with Crippen LogP contribution in [0.1, 0.15) is 56.3 Å². The average molecular weight is 365 g/mol. The molecule has 1 saturated carbocycles. The van der Waals surface area contributed by atoms with Gasteiger partial charge in [0.15, 0.2) is 16.6 Å². The van der Waals surface area contributed by atoms with E-state index in [1.165, 1.54) is 19.3 Å². The summed E-state index contributed by atoms with van der Waals surface area (Å²) in [5, 5.41) is 3.68. The Labute approximate surface area is 154 Å². The number of hydrogen-bond donors (Lipinski definition) is 3. The van der Waals surface area contributed by atoms with E-state index in [2.05, 4.69) is 16.2 Å². The molecule has 1 aromatic carbocycles. The van der Waals surface area contributed by atoms with Crippen LogP contribution in [0.15, 0.2) is 18.2 Å². The molecule has 138 valence electrons. The number of hydrogen-bond acceptors (Lipinski definition) is 4. The summed E-state index contributed by atoms with van der Waals surface area (Å²) >= 11 is 5.24. The third kappa shape index (κ3) is 6.08. The van der Waals surface area contributed by atoms with Gasteiger partial charge in [-0.25, -0.2) is 0 Å². The van der Waals surface area contributed by atoms with Gasteiger partial charge in [0.2, 0.25) is 0 Å². The number of amides is 1. The van der Waals surface area contributed by atoms with Crippen LogP contribution in [-0.4, -0.2) is 30.3 Å². The lowest BCUT2D eigenvalue weighted by Crippen LogP contribution is -2.50. The average Bonchev–Trinajstić information content (AvgIpc) is 2.60. The fourth-order valence-electron chi connectivity index (χ4n) is 2.81. The van der Waals surface area contributed by atoms with Crippen LogP contribution in [0.3, 0.4) is 0 Å². The molecule has 0 radical (unpaired) electrons. The van der Waals surface area contributed by atoms with Crippen LogP contribution in [0.2, 0.25) is 0 Å². The zero-order valence-corrected chi connectivity index (χ0v) is 15.9. The van der Waals surface area contributed by atoms with Crippen molar-refractivity contribution in [3.63, 3.8) is 0 Å². The fourth-order valence-corrected chi connectivity index (χ4v) is 3.03. The molecule has 6 nitrogen and oxygen atoms in total. The first-order chi connectivity index (χ1) is 12.0. The Morgan fingerprint density at radius 2 is 1.88 bits per heavy atom. The summed E-state index contributed by atoms with van der Waals surface area (Å²) in [6.07, 6.45) is 5.98. The number of benzene rings is 1. The van der Waals surface area contributed by atoms with E-state index in [0.717, 1.165) is 12.8 Å². The van der Waals surface area contributed by atoms with Crippen molar-refractivity contribution < 1.29 is 14.3 Å². The van der Waals surface area contributed by atoms with Crippen molar-refractivity contribution in [2.24, 2.45) is 0 Å². The highest BCUT2D eigenvalue weighted by Crippen LogP contribution is 2.28. The van der Waals surface area contributed by atoms with Crippen molar-refractivity contribution in [2.45, 2.75) is 58.1 Å². The molecule has 0 heterocycles. The number of nitrogens with one attached hydrogen (secondary N) is 3. The number of methoxy groups -OCH3 is 1. The third-order valence-electron chi connectivity index (χ3n) is 4.02. The molecule has 2 rings (SSSR count). The molecule has 7 heteroatoms. The van der Waals surface area contributed by atoms with E-state index < -0.39 is 0 Å². The quantitative estimate of drug-likeness (QED) is 0.550. The van der Waals surface area contributed by atoms with Crippen LogP contribution in [0, 0.1) is 0 Å². The number of thiocarbonyl (C=S) groups is 1. The van der Waals surface area contributed by atoms with Crippen molar-refractivity contribution in [2.75, 3.05) is 7.11 Å². The lowest BCUT2D eigenvalue weighted by Gasteiger charge is -2.24. The van der Waals surface area contributed by atoms with Crippen molar-refractivity contribution in [3.05, 3.63) is 23.8 Å². The second-order valence-electron chi connectivity index (χ2n) is 6.42. The van der Waals surface area contributed by atoms with Gasteiger partial charge in [-0.2, -0.15) is 0 Å². The minimum atomic E-state index is -0.290. The van der Waals surface area contributed by atoms with E-state index >= 15 is 0 Å². The van der Waals surface area contributed by atoms with Gasteiger partial charge in [-0.05, 0) is 57.1 Å². The van der Waals surface area contributed by atoms with Gasteiger partial charge in [0.1, 0.15) is 0 Å². The molecule has 1 amide bonds. The molecule has 25 heavy (non-hydrogen) atoms. The molecule has 0 spiro atoms. The largest absolute Gasteiger partial charge is 0.493 e. The summed E-state index contributed by atoms with van der Waals surface area (Å²) < 4.78 is 11.0. The molecule has 1 aromatic rings. The molecule has 1 aliphatic carbocycles. The first kappa shape index (κ1) is 19.3. The summed E-state index contributed by atoms with van der Waals surface area (Å²) in [5.74, 6) is 0.836. The normalized spacial score (nSPS) is 14.7. The fraction of sp³-hybridized carbons (Fsp3) is 0.556. The lowest BCUT2D eigenvalue weighted by molar-refractivity contribution is 0.0943. The maximum Gasteiger partial charge on any atom is 0.269 e. The standard InChI is InChI=1S/C18H27N3O3S/c1-12(2)24-15-10-9-13(11-16(15)23-3)17(22)20-21-18(25)19-14-7-5-4-6-8-14/h9-12,14H,4-8H2,1-3H3,(H,20,22)(H2,19,21,25). The molecular weight excluding hydrogens is 338 g/mol. The maximum absolute atomic E-state index is 12.3. The summed E-state index contributed by atoms with van der Waals surface area (Å²) in [6, 6.07) is 5.45. The molecule has 0 atom stereocenters. The Bertz CT molecular complexity index is 601. The molecule has 3 N–H and O–H groups in total. The molecular formula is C18H27N3O3S. The number of ether oxygens (including phenoxy) is 2. The van der Waals surface area contributed by atoms with Gasteiger partial charge in [-0.15, -0.1) is 0 Å². The summed E-state index contributed by atoms with van der Waals surface area (Å²) in [6.45, 7) is 3.87. The second kappa shape index (κ2) is 9.46. The van der Waals surface area contributed by atoms with Crippen LogP contribution in [0.5, 0.6) is 11.5 Å². The second-order valence-corrected chi connectivity index (χ2v) is 6.83. The third-order valence-corrected chi connectivity index (χ3v) is 4.24. The number of carbonyl (C=O) groups is 1. The Morgan fingerprint density at radius 1 is 1.16 bits per heavy atom. The maximum atomic E-state index is 12.3. The first-order valence-corrected chi connectivity index (χ1v) is 9.12. The molecule has 0 saturated heterocycles. The van der Waals surface area contributed by atoms with Gasteiger partial charge in [-0.1, -0.05) is 19.3 Å². The molecule has 1 aliphatic rings. The zero-order valence-electron chi connectivity index (χ0n) is 15.1. The van der Waals surface area contributed by atoms with Gasteiger partial charge in [0.25, 0.3) is 5.91 Å². The van der Waals surface area contributed by atoms with Crippen molar-refractivity contribution in [3.8, 4) is 11.5 Å². The zero-order chi connectivity index (χ0) is 18.2. The minimum Gasteiger partial charge on any atom is -0.493 e. The predicted molar refractivity (Wildman–Crippen MR) is 102 cm³/mol. The number of carbonyl (C=O) groups excluding carboxylic acids is 1. The lowest BCUT2D eigenvalue weighted by atomic mass is 9.96. The van der Waals surface area contributed by atoms with E-state index in [1.807, 2.05) is 13.8 Å². The van der Waals surface area contributed by atoms with Gasteiger partial charge >= 0.3 is 0 Å². The summed E-state index contributed by atoms with van der Waals surface area (Å²) in [5.41, 5.74) is 5.83. The molecule has 0 unspecified atom stereocenters. The summed E-state index contributed by atoms with van der Waals surface area (Å²) in [4.78, 5) is 12.3. The minimum absolute atomic E-state index is 0.0264. The Kier molecular flexibility index (Phi) is 7.31. The molecule has 0 bridgehead atoms. The van der Waals surface area contributed by atoms with E-state index in [4.69, 9.17) is 21.7 Å².